The van der Waals surface area contributed by atoms with Crippen molar-refractivity contribution in [1.82, 2.24) is 14.9 Å². The molecule has 0 aliphatic carbocycles. The summed E-state index contributed by atoms with van der Waals surface area (Å²) in [6.45, 7) is 0.471. The van der Waals surface area contributed by atoms with Crippen molar-refractivity contribution in [1.29, 1.82) is 0 Å². The van der Waals surface area contributed by atoms with Gasteiger partial charge in [0.25, 0.3) is 10.2 Å². The maximum absolute atomic E-state index is 11.3. The van der Waals surface area contributed by atoms with Gasteiger partial charge in [-0.15, -0.1) is 0 Å². The maximum atomic E-state index is 11.3. The second-order valence-corrected chi connectivity index (χ2v) is 4.19. The first-order valence-corrected chi connectivity index (χ1v) is 5.58. The van der Waals surface area contributed by atoms with Crippen LogP contribution < -0.4 is 15.2 Å². The largest absolute Gasteiger partial charge is 0.394 e. The predicted octanol–water partition coefficient (Wildman–Crippen LogP) is -1.12. The van der Waals surface area contributed by atoms with Crippen LogP contribution in [0.1, 0.15) is 0 Å². The summed E-state index contributed by atoms with van der Waals surface area (Å²) < 4.78 is 31.8. The number of rotatable bonds is 6. The number of nitrogen functional groups attached to an aromatic ring is 1. The zero-order chi connectivity index (χ0) is 11.3. The fourth-order valence-corrected chi connectivity index (χ4v) is 1.68. The lowest BCUT2D eigenvalue weighted by atomic mass is 10.6. The molecule has 15 heavy (non-hydrogen) atoms. The Morgan fingerprint density at radius 2 is 2.40 bits per heavy atom. The lowest BCUT2D eigenvalue weighted by Crippen LogP contribution is -2.32. The molecular weight excluding hydrogens is 222 g/mol. The third-order valence-electron chi connectivity index (χ3n) is 1.50. The van der Waals surface area contributed by atoms with E-state index < -0.39 is 10.2 Å². The number of nitrogens with one attached hydrogen (secondary N) is 3. The third kappa shape index (κ3) is 3.73. The lowest BCUT2D eigenvalue weighted by Gasteiger charge is -2.07. The first-order chi connectivity index (χ1) is 7.05. The smallest absolute Gasteiger partial charge is 0.300 e. The van der Waals surface area contributed by atoms with Gasteiger partial charge in [-0.3, -0.25) is 9.82 Å². The molecule has 0 saturated heterocycles. The van der Waals surface area contributed by atoms with Crippen LogP contribution in [0.2, 0.25) is 0 Å². The van der Waals surface area contributed by atoms with Crippen LogP contribution in [-0.2, 0) is 14.9 Å². The van der Waals surface area contributed by atoms with Crippen molar-refractivity contribution in [2.24, 2.45) is 0 Å². The minimum absolute atomic E-state index is 0.139. The van der Waals surface area contributed by atoms with Crippen LogP contribution in [-0.4, -0.2) is 38.9 Å². The highest BCUT2D eigenvalue weighted by Crippen LogP contribution is 2.12. The summed E-state index contributed by atoms with van der Waals surface area (Å²) in [5, 5.41) is 5.99. The summed E-state index contributed by atoms with van der Waals surface area (Å²) in [4.78, 5) is 0. The van der Waals surface area contributed by atoms with Crippen molar-refractivity contribution in [2.45, 2.75) is 0 Å². The Balaban J connectivity index is 2.53. The molecule has 0 unspecified atom stereocenters. The van der Waals surface area contributed by atoms with Crippen LogP contribution >= 0.6 is 0 Å². The molecule has 5 N–H and O–H groups in total. The Bertz CT molecular complexity index is 401. The number of ether oxygens (including phenoxy) is 1. The Hall–Kier alpha value is -1.32. The number of methoxy groups -OCH3 is 1. The fraction of sp³-hybridized carbons (Fsp3) is 0.500. The van der Waals surface area contributed by atoms with Gasteiger partial charge in [0.15, 0.2) is 5.82 Å². The molecular formula is C6H13N5O3S. The zero-order valence-electron chi connectivity index (χ0n) is 8.15. The van der Waals surface area contributed by atoms with Gasteiger partial charge in [-0.2, -0.15) is 18.2 Å². The average molecular weight is 235 g/mol. The van der Waals surface area contributed by atoms with Crippen molar-refractivity contribution in [3.63, 3.8) is 0 Å². The molecule has 1 rings (SSSR count). The molecule has 9 heteroatoms. The molecule has 0 radical (unpaired) electrons. The lowest BCUT2D eigenvalue weighted by molar-refractivity contribution is 0.204. The molecule has 0 spiro atoms. The van der Waals surface area contributed by atoms with Gasteiger partial charge in [-0.05, 0) is 0 Å². The summed E-state index contributed by atoms with van der Waals surface area (Å²) in [7, 11) is -2.15. The normalized spacial score (nSPS) is 11.5. The van der Waals surface area contributed by atoms with E-state index in [0.717, 1.165) is 0 Å². The van der Waals surface area contributed by atoms with Crippen molar-refractivity contribution in [3.8, 4) is 0 Å². The number of H-pyrrole nitrogens is 1. The van der Waals surface area contributed by atoms with E-state index in [9.17, 15) is 8.42 Å². The molecule has 0 aromatic carbocycles. The van der Waals surface area contributed by atoms with Gasteiger partial charge in [0.2, 0.25) is 0 Å². The monoisotopic (exact) mass is 235 g/mol. The van der Waals surface area contributed by atoms with Gasteiger partial charge < -0.3 is 10.5 Å². The minimum Gasteiger partial charge on any atom is -0.394 e. The molecule has 1 heterocycles. The van der Waals surface area contributed by atoms with E-state index in [1.165, 1.54) is 13.3 Å². The molecule has 0 saturated carbocycles. The molecule has 1 aromatic heterocycles. The van der Waals surface area contributed by atoms with Gasteiger partial charge in [0.05, 0.1) is 18.5 Å². The number of hydrogen-bond donors (Lipinski definition) is 4. The van der Waals surface area contributed by atoms with Crippen LogP contribution in [0.4, 0.5) is 11.5 Å². The highest BCUT2D eigenvalue weighted by Gasteiger charge is 2.11. The van der Waals surface area contributed by atoms with Gasteiger partial charge >= 0.3 is 0 Å². The molecule has 0 amide bonds. The summed E-state index contributed by atoms with van der Waals surface area (Å²) in [5.74, 6) is 0.139. The standard InChI is InChI=1S/C6H13N5O3S/c1-14-3-2-9-15(12,13)11-6-5(7)4-8-10-6/h4,9H,2-3,7H2,1H3,(H2,8,10,11). The predicted molar refractivity (Wildman–Crippen MR) is 55.4 cm³/mol. The average Bonchev–Trinajstić information content (AvgIpc) is 2.51. The van der Waals surface area contributed by atoms with E-state index in [1.54, 1.807) is 0 Å². The SMILES string of the molecule is COCCNS(=O)(=O)Nc1[nH]ncc1N. The second kappa shape index (κ2) is 4.96. The van der Waals surface area contributed by atoms with Crippen LogP contribution in [0, 0.1) is 0 Å². The number of hydrogen-bond acceptors (Lipinski definition) is 5. The highest BCUT2D eigenvalue weighted by atomic mass is 32.2. The molecule has 1 aromatic rings. The Morgan fingerprint density at radius 1 is 1.67 bits per heavy atom. The number of nitrogens with two attached hydrogens (primary N) is 1. The van der Waals surface area contributed by atoms with Crippen LogP contribution in [0.25, 0.3) is 0 Å². The Morgan fingerprint density at radius 3 is 2.93 bits per heavy atom. The summed E-state index contributed by atoms with van der Waals surface area (Å²) in [5.41, 5.74) is 5.66. The molecule has 0 fully saturated rings. The topological polar surface area (TPSA) is 122 Å². The van der Waals surface area contributed by atoms with Crippen molar-refractivity contribution in [3.05, 3.63) is 6.20 Å². The van der Waals surface area contributed by atoms with E-state index in [-0.39, 0.29) is 18.1 Å². The third-order valence-corrected chi connectivity index (χ3v) is 2.56. The van der Waals surface area contributed by atoms with Crippen molar-refractivity contribution in [2.75, 3.05) is 30.7 Å². The highest BCUT2D eigenvalue weighted by molar-refractivity contribution is 7.90. The van der Waals surface area contributed by atoms with E-state index in [4.69, 9.17) is 10.5 Å². The molecule has 0 bridgehead atoms. The Kier molecular flexibility index (Phi) is 3.88. The van der Waals surface area contributed by atoms with Gasteiger partial charge in [-0.1, -0.05) is 0 Å². The zero-order valence-corrected chi connectivity index (χ0v) is 8.97. The van der Waals surface area contributed by atoms with Gasteiger partial charge in [0, 0.05) is 13.7 Å². The van der Waals surface area contributed by atoms with E-state index in [2.05, 4.69) is 19.6 Å². The molecule has 8 nitrogen and oxygen atoms in total. The summed E-state index contributed by atoms with van der Waals surface area (Å²) >= 11 is 0. The van der Waals surface area contributed by atoms with Crippen molar-refractivity contribution < 1.29 is 13.2 Å². The second-order valence-electron chi connectivity index (χ2n) is 2.69. The molecule has 0 aliphatic heterocycles. The van der Waals surface area contributed by atoms with Crippen LogP contribution in [0.5, 0.6) is 0 Å². The maximum Gasteiger partial charge on any atom is 0.300 e. The first kappa shape index (κ1) is 11.8. The molecule has 86 valence electrons. The van der Waals surface area contributed by atoms with E-state index >= 15 is 0 Å². The Labute approximate surface area is 87.4 Å². The number of anilines is 2. The van der Waals surface area contributed by atoms with Gasteiger partial charge in [-0.25, -0.2) is 0 Å². The quantitative estimate of drug-likeness (QED) is 0.465. The molecule has 0 atom stereocenters. The van der Waals surface area contributed by atoms with Crippen LogP contribution in [0.3, 0.4) is 0 Å². The number of aromatic amines is 1. The van der Waals surface area contributed by atoms with Crippen molar-refractivity contribution >= 4 is 21.7 Å². The minimum atomic E-state index is -3.63. The van der Waals surface area contributed by atoms with Crippen LogP contribution in [0.15, 0.2) is 6.20 Å². The summed E-state index contributed by atoms with van der Waals surface area (Å²) in [6.07, 6.45) is 1.31. The number of aromatic nitrogens is 2. The van der Waals surface area contributed by atoms with E-state index in [1.807, 2.05) is 0 Å². The summed E-state index contributed by atoms with van der Waals surface area (Å²) in [6, 6.07) is 0. The molecule has 0 aliphatic rings. The fourth-order valence-electron chi connectivity index (χ4n) is 0.826. The van der Waals surface area contributed by atoms with Gasteiger partial charge in [0.1, 0.15) is 0 Å². The first-order valence-electron chi connectivity index (χ1n) is 4.10. The number of nitrogens with zero attached hydrogens (tertiary/aromatic N) is 1. The van der Waals surface area contributed by atoms with E-state index in [0.29, 0.717) is 6.61 Å².